The molecule has 2 aliphatic carbocycles. The molecule has 3 aliphatic rings. The summed E-state index contributed by atoms with van der Waals surface area (Å²) in [5, 5.41) is 12.7. The smallest absolute Gasteiger partial charge is 0.223 e. The first-order chi connectivity index (χ1) is 16.6. The van der Waals surface area contributed by atoms with Crippen LogP contribution < -0.4 is 10.2 Å². The standard InChI is InChI=1S/C28H47N5O2/c1-19(2)24-18-25(31-27(30-24)28(3,4)5)33-14-12-32(13-15-33)11-10-20-6-8-22(9-7-20)29-26(35)21-16-23(34)17-21/h18-23,34H,6-17H2,1-5H3,(H,29,35). The SMILES string of the molecule is CC(C)c1cc(N2CCN(CCC3CCC(NC(=O)C4CC(O)C4)CC3)CC2)nc(C(C)(C)C)n1. The average Bonchev–Trinajstić information content (AvgIpc) is 2.81. The fraction of sp³-hybridized carbons (Fsp3) is 0.821. The monoisotopic (exact) mass is 485 g/mol. The highest BCUT2D eigenvalue weighted by Gasteiger charge is 2.34. The number of nitrogens with zero attached hydrogens (tertiary/aromatic N) is 4. The van der Waals surface area contributed by atoms with Crippen molar-refractivity contribution in [1.82, 2.24) is 20.2 Å². The van der Waals surface area contributed by atoms with Gasteiger partial charge in [0.2, 0.25) is 5.91 Å². The molecule has 0 atom stereocenters. The highest BCUT2D eigenvalue weighted by molar-refractivity contribution is 5.79. The Hall–Kier alpha value is -1.73. The van der Waals surface area contributed by atoms with Crippen LogP contribution in [-0.2, 0) is 10.2 Å². The topological polar surface area (TPSA) is 81.6 Å². The van der Waals surface area contributed by atoms with Gasteiger partial charge in [0, 0.05) is 55.3 Å². The molecule has 7 heteroatoms. The van der Waals surface area contributed by atoms with E-state index >= 15 is 0 Å². The second-order valence-corrected chi connectivity index (χ2v) is 12.5. The van der Waals surface area contributed by atoms with Crippen molar-refractivity contribution in [1.29, 1.82) is 0 Å². The molecule has 1 aromatic rings. The minimum Gasteiger partial charge on any atom is -0.393 e. The summed E-state index contributed by atoms with van der Waals surface area (Å²) in [5.74, 6) is 3.41. The summed E-state index contributed by atoms with van der Waals surface area (Å²) >= 11 is 0. The van der Waals surface area contributed by atoms with E-state index in [-0.39, 0.29) is 23.3 Å². The molecule has 0 spiro atoms. The minimum absolute atomic E-state index is 0.0424. The molecular weight excluding hydrogens is 438 g/mol. The van der Waals surface area contributed by atoms with Crippen LogP contribution in [0, 0.1) is 11.8 Å². The molecule has 0 unspecified atom stereocenters. The molecule has 1 amide bonds. The number of aliphatic hydroxyl groups excluding tert-OH is 1. The lowest BCUT2D eigenvalue weighted by Gasteiger charge is -2.37. The van der Waals surface area contributed by atoms with Crippen molar-refractivity contribution < 1.29 is 9.90 Å². The maximum atomic E-state index is 12.3. The lowest BCUT2D eigenvalue weighted by molar-refractivity contribution is -0.132. The molecule has 35 heavy (non-hydrogen) atoms. The second kappa shape index (κ2) is 11.1. The molecule has 3 fully saturated rings. The van der Waals surface area contributed by atoms with Gasteiger partial charge in [0.15, 0.2) is 0 Å². The number of aliphatic hydroxyl groups is 1. The quantitative estimate of drug-likeness (QED) is 0.610. The number of carbonyl (C=O) groups excluding carboxylic acids is 1. The van der Waals surface area contributed by atoms with Gasteiger partial charge in [-0.25, -0.2) is 9.97 Å². The Labute approximate surface area is 212 Å². The fourth-order valence-electron chi connectivity index (χ4n) is 5.53. The van der Waals surface area contributed by atoms with Crippen molar-refractivity contribution in [3.63, 3.8) is 0 Å². The Morgan fingerprint density at radius 2 is 1.74 bits per heavy atom. The van der Waals surface area contributed by atoms with Gasteiger partial charge in [0.05, 0.1) is 6.10 Å². The summed E-state index contributed by atoms with van der Waals surface area (Å²) in [6.07, 6.45) is 6.91. The first-order valence-electron chi connectivity index (χ1n) is 13.9. The van der Waals surface area contributed by atoms with E-state index in [9.17, 15) is 9.90 Å². The maximum Gasteiger partial charge on any atom is 0.223 e. The number of hydrogen-bond acceptors (Lipinski definition) is 6. The third-order valence-electron chi connectivity index (χ3n) is 8.22. The third kappa shape index (κ3) is 6.94. The van der Waals surface area contributed by atoms with Crippen LogP contribution in [0.5, 0.6) is 0 Å². The molecule has 0 bridgehead atoms. The Balaban J connectivity index is 1.19. The molecule has 1 saturated heterocycles. The van der Waals surface area contributed by atoms with Crippen LogP contribution in [0.4, 0.5) is 5.82 Å². The van der Waals surface area contributed by atoms with Gasteiger partial charge >= 0.3 is 0 Å². The zero-order chi connectivity index (χ0) is 25.2. The van der Waals surface area contributed by atoms with E-state index in [1.54, 1.807) is 0 Å². The van der Waals surface area contributed by atoms with Crippen molar-refractivity contribution in [3.05, 3.63) is 17.6 Å². The summed E-state index contributed by atoms with van der Waals surface area (Å²) in [7, 11) is 0. The van der Waals surface area contributed by atoms with Crippen LogP contribution in [0.2, 0.25) is 0 Å². The van der Waals surface area contributed by atoms with E-state index in [4.69, 9.17) is 9.97 Å². The van der Waals surface area contributed by atoms with Gasteiger partial charge in [-0.15, -0.1) is 0 Å². The average molecular weight is 486 g/mol. The van der Waals surface area contributed by atoms with Crippen molar-refractivity contribution in [2.24, 2.45) is 11.8 Å². The van der Waals surface area contributed by atoms with Crippen molar-refractivity contribution >= 4 is 11.7 Å². The van der Waals surface area contributed by atoms with Gasteiger partial charge < -0.3 is 15.3 Å². The van der Waals surface area contributed by atoms with E-state index in [0.29, 0.717) is 24.8 Å². The van der Waals surface area contributed by atoms with Gasteiger partial charge in [-0.05, 0) is 63.3 Å². The van der Waals surface area contributed by atoms with Gasteiger partial charge in [-0.2, -0.15) is 0 Å². The highest BCUT2D eigenvalue weighted by atomic mass is 16.3. The minimum atomic E-state index is -0.261. The number of hydrogen-bond donors (Lipinski definition) is 2. The lowest BCUT2D eigenvalue weighted by Crippen LogP contribution is -2.47. The predicted octanol–water partition coefficient (Wildman–Crippen LogP) is 3.86. The van der Waals surface area contributed by atoms with E-state index < -0.39 is 0 Å². The molecule has 2 saturated carbocycles. The number of carbonyl (C=O) groups is 1. The molecular formula is C28H47N5O2. The molecule has 2 N–H and O–H groups in total. The first kappa shape index (κ1) is 26.3. The van der Waals surface area contributed by atoms with Crippen LogP contribution in [0.15, 0.2) is 6.07 Å². The molecule has 0 aromatic carbocycles. The van der Waals surface area contributed by atoms with Gasteiger partial charge in [-0.3, -0.25) is 9.69 Å². The zero-order valence-corrected chi connectivity index (χ0v) is 22.6. The van der Waals surface area contributed by atoms with E-state index in [0.717, 1.165) is 62.3 Å². The number of rotatable bonds is 7. The molecule has 1 aromatic heterocycles. The van der Waals surface area contributed by atoms with Crippen LogP contribution in [-0.4, -0.2) is 70.8 Å². The van der Waals surface area contributed by atoms with Crippen LogP contribution >= 0.6 is 0 Å². The third-order valence-corrected chi connectivity index (χ3v) is 8.22. The Bertz CT molecular complexity index is 845. The second-order valence-electron chi connectivity index (χ2n) is 12.5. The maximum absolute atomic E-state index is 12.3. The van der Waals surface area contributed by atoms with E-state index in [1.165, 1.54) is 25.8 Å². The number of anilines is 1. The van der Waals surface area contributed by atoms with Gasteiger partial charge in [-0.1, -0.05) is 34.6 Å². The summed E-state index contributed by atoms with van der Waals surface area (Å²) in [5.41, 5.74) is 1.09. The molecule has 4 rings (SSSR count). The summed E-state index contributed by atoms with van der Waals surface area (Å²) in [6, 6.07) is 2.53. The molecule has 0 radical (unpaired) electrons. The Kier molecular flexibility index (Phi) is 8.37. The number of piperazine rings is 1. The Morgan fingerprint density at radius 3 is 2.31 bits per heavy atom. The number of amides is 1. The van der Waals surface area contributed by atoms with Gasteiger partial charge in [0.1, 0.15) is 11.6 Å². The van der Waals surface area contributed by atoms with Gasteiger partial charge in [0.25, 0.3) is 0 Å². The van der Waals surface area contributed by atoms with E-state index in [2.05, 4.69) is 55.8 Å². The summed E-state index contributed by atoms with van der Waals surface area (Å²) in [4.78, 5) is 27.1. The Morgan fingerprint density at radius 1 is 1.09 bits per heavy atom. The summed E-state index contributed by atoms with van der Waals surface area (Å²) < 4.78 is 0. The van der Waals surface area contributed by atoms with Crippen molar-refractivity contribution in [3.8, 4) is 0 Å². The van der Waals surface area contributed by atoms with Crippen LogP contribution in [0.3, 0.4) is 0 Å². The molecule has 196 valence electrons. The predicted molar refractivity (Wildman–Crippen MR) is 141 cm³/mol. The molecule has 1 aliphatic heterocycles. The number of nitrogens with one attached hydrogen (secondary N) is 1. The van der Waals surface area contributed by atoms with E-state index in [1.807, 2.05) is 0 Å². The fourth-order valence-corrected chi connectivity index (χ4v) is 5.53. The zero-order valence-electron chi connectivity index (χ0n) is 22.6. The normalized spacial score (nSPS) is 28.1. The highest BCUT2D eigenvalue weighted by Crippen LogP contribution is 2.31. The van der Waals surface area contributed by atoms with Crippen LogP contribution in [0.1, 0.15) is 97.0 Å². The largest absolute Gasteiger partial charge is 0.393 e. The van der Waals surface area contributed by atoms with Crippen molar-refractivity contribution in [2.75, 3.05) is 37.6 Å². The summed E-state index contributed by atoms with van der Waals surface area (Å²) in [6.45, 7) is 16.4. The molecule has 7 nitrogen and oxygen atoms in total. The van der Waals surface area contributed by atoms with Crippen LogP contribution in [0.25, 0.3) is 0 Å². The number of aromatic nitrogens is 2. The lowest BCUT2D eigenvalue weighted by atomic mass is 9.80. The molecule has 2 heterocycles. The first-order valence-corrected chi connectivity index (χ1v) is 13.9. The van der Waals surface area contributed by atoms with Crippen molar-refractivity contribution in [2.45, 2.75) is 103 Å².